The summed E-state index contributed by atoms with van der Waals surface area (Å²) >= 11 is 0. The smallest absolute Gasteiger partial charge is 0.444 e. The summed E-state index contributed by atoms with van der Waals surface area (Å²) in [7, 11) is 0. The van der Waals surface area contributed by atoms with Gasteiger partial charge in [0.2, 0.25) is 0 Å². The van der Waals surface area contributed by atoms with Crippen LogP contribution in [-0.2, 0) is 0 Å². The number of hydrogen-bond donors (Lipinski definition) is 0. The van der Waals surface area contributed by atoms with E-state index in [1.54, 1.807) is 0 Å². The summed E-state index contributed by atoms with van der Waals surface area (Å²) in [6, 6.07) is 0. The van der Waals surface area contributed by atoms with Crippen LogP contribution in [0.2, 0.25) is 0 Å². The molecule has 0 rings (SSSR count). The van der Waals surface area contributed by atoms with E-state index in [0.717, 1.165) is 5.34 Å². The molecule has 0 saturated carbocycles. The molecule has 3 nitrogen and oxygen atoms in total. The molecule has 0 fully saturated rings. The Hall–Kier alpha value is 1.04. The van der Waals surface area contributed by atoms with Gasteiger partial charge in [-0.3, -0.25) is 0 Å². The Morgan fingerprint density at radius 1 is 1.75 bits per heavy atom. The molecular weight excluding hydrogens is 85.1 g/mol. The first-order chi connectivity index (χ1) is 1.41. The molecule has 0 aliphatic carbocycles. The molecule has 0 aromatic heterocycles. The Labute approximate surface area is 65.7 Å². The van der Waals surface area contributed by atoms with Gasteiger partial charge in [-0.25, -0.2) is 0 Å². The third-order valence-electron chi connectivity index (χ3n) is 0. The van der Waals surface area contributed by atoms with Crippen molar-refractivity contribution in [3.05, 3.63) is 10.1 Å². The summed E-state index contributed by atoms with van der Waals surface area (Å²) in [5.74, 6) is 0. The minimum Gasteiger partial charge on any atom is -0.444 e. The molecule has 18 valence electrons. The maximum absolute atomic E-state index is 8.00. The molecule has 0 unspecified atom stereocenters. The molecule has 0 aliphatic heterocycles. The molecule has 0 heterocycles. The van der Waals surface area contributed by atoms with E-state index in [0.29, 0.717) is 0 Å². The molecule has 0 radical (unpaired) electrons. The second kappa shape index (κ2) is 8.97. The quantitative estimate of drug-likeness (QED) is 0.182. The summed E-state index contributed by atoms with van der Waals surface area (Å²) in [4.78, 5) is 8.00. The topological polar surface area (TPSA) is 52.5 Å². The van der Waals surface area contributed by atoms with Crippen LogP contribution in [0.25, 0.3) is 0 Å². The van der Waals surface area contributed by atoms with E-state index in [1.807, 2.05) is 0 Å². The predicted octanol–water partition coefficient (Wildman–Crippen LogP) is -2.75. The zero-order valence-corrected chi connectivity index (χ0v) is 5.39. The van der Waals surface area contributed by atoms with Crippen molar-refractivity contribution in [1.82, 2.24) is 0 Å². The molecule has 0 N–H and O–H groups in total. The van der Waals surface area contributed by atoms with Crippen LogP contribution in [0, 0.1) is 10.1 Å². The minimum atomic E-state index is 0. The Bertz CT molecular complexity index is 13.5. The van der Waals surface area contributed by atoms with E-state index >= 15 is 0 Å². The second-order valence-electron chi connectivity index (χ2n) is 0.0745. The van der Waals surface area contributed by atoms with Crippen LogP contribution in [-0.4, -0.2) is 0 Å². The molecule has 0 saturated heterocycles. The van der Waals surface area contributed by atoms with E-state index in [1.165, 1.54) is 0 Å². The van der Waals surface area contributed by atoms with E-state index in [9.17, 15) is 0 Å². The van der Waals surface area contributed by atoms with Crippen molar-refractivity contribution in [2.24, 2.45) is 5.34 Å². The van der Waals surface area contributed by atoms with E-state index < -0.39 is 0 Å². The zero-order valence-electron chi connectivity index (χ0n) is 2.26. The minimum absolute atomic E-state index is 0. The van der Waals surface area contributed by atoms with Crippen LogP contribution >= 0.6 is 0 Å². The van der Waals surface area contributed by atoms with Crippen LogP contribution in [0.3, 0.4) is 0 Å². The number of hydrogen-bond acceptors (Lipinski definition) is 3. The molecule has 0 atom stereocenters. The van der Waals surface area contributed by atoms with E-state index in [4.69, 9.17) is 10.1 Å². The van der Waals surface area contributed by atoms with Crippen molar-refractivity contribution in [3.63, 3.8) is 0 Å². The average molecular weight is 85.1 g/mol. The van der Waals surface area contributed by atoms with Gasteiger partial charge in [-0.2, -0.15) is 0 Å². The van der Waals surface area contributed by atoms with Crippen LogP contribution in [0.5, 0.6) is 0 Å². The van der Waals surface area contributed by atoms with Gasteiger partial charge in [0, 0.05) is 0 Å². The van der Waals surface area contributed by atoms with E-state index in [-0.39, 0.29) is 51.4 Å². The molecule has 4 heavy (non-hydrogen) atoms. The third-order valence-corrected chi connectivity index (χ3v) is 0. The van der Waals surface area contributed by atoms with Crippen LogP contribution in [0.4, 0.5) is 0 Å². The summed E-state index contributed by atoms with van der Waals surface area (Å²) in [5, 5.41) is 9.00. The maximum atomic E-state index is 8.00. The monoisotopic (exact) mass is 85.0 g/mol. The van der Waals surface area contributed by atoms with Crippen LogP contribution in [0.15, 0.2) is 5.34 Å². The van der Waals surface area contributed by atoms with Gasteiger partial charge in [0.15, 0.2) is 0 Å². The number of nitrogens with zero attached hydrogens (tertiary/aromatic N) is 1. The first-order valence-electron chi connectivity index (χ1n) is 0.365. The molecule has 4 heteroatoms. The first-order valence-corrected chi connectivity index (χ1v) is 0.365. The summed E-state index contributed by atoms with van der Waals surface area (Å²) in [5.41, 5.74) is 0. The van der Waals surface area contributed by atoms with Gasteiger partial charge < -0.3 is 10.1 Å². The van der Waals surface area contributed by atoms with Crippen molar-refractivity contribution in [1.29, 1.82) is 0 Å². The SMILES string of the molecule is O=N[O-].[K+]. The molecule has 0 spiro atoms. The Balaban J connectivity index is 0. The van der Waals surface area contributed by atoms with Gasteiger partial charge in [-0.1, -0.05) is 0 Å². The molecule has 0 aromatic rings. The molecular formula is KNO2. The first kappa shape index (κ1) is 8.90. The Morgan fingerprint density at radius 2 is 1.75 bits per heavy atom. The van der Waals surface area contributed by atoms with Crippen molar-refractivity contribution < 1.29 is 51.4 Å². The average Bonchev–Trinajstić information content (AvgIpc) is 0.918. The second-order valence-corrected chi connectivity index (χ2v) is 0.0745. The predicted molar refractivity (Wildman–Crippen MR) is 9.16 cm³/mol. The van der Waals surface area contributed by atoms with Crippen molar-refractivity contribution in [3.8, 4) is 0 Å². The van der Waals surface area contributed by atoms with E-state index in [2.05, 4.69) is 0 Å². The fourth-order valence-corrected chi connectivity index (χ4v) is 0. The standard InChI is InChI=1S/K.HNO2/c;2-1-3/h;(H,2,3)/q+1;/p-1. The number of rotatable bonds is 0. The fraction of sp³-hybridized carbons (Fsp3) is 0. The summed E-state index contributed by atoms with van der Waals surface area (Å²) in [6.45, 7) is 0. The van der Waals surface area contributed by atoms with Gasteiger partial charge >= 0.3 is 51.4 Å². The van der Waals surface area contributed by atoms with Gasteiger partial charge in [0.05, 0.1) is 0 Å². The molecule has 0 amide bonds. The Kier molecular flexibility index (Phi) is 20.0. The van der Waals surface area contributed by atoms with Crippen LogP contribution < -0.4 is 51.4 Å². The van der Waals surface area contributed by atoms with Crippen molar-refractivity contribution >= 4 is 0 Å². The van der Waals surface area contributed by atoms with Crippen molar-refractivity contribution in [2.75, 3.05) is 0 Å². The third kappa shape index (κ3) is 11.7. The molecule has 0 bridgehead atoms. The summed E-state index contributed by atoms with van der Waals surface area (Å²) in [6.07, 6.45) is 0. The zero-order chi connectivity index (χ0) is 2.71. The van der Waals surface area contributed by atoms with Crippen LogP contribution in [0.1, 0.15) is 0 Å². The summed E-state index contributed by atoms with van der Waals surface area (Å²) < 4.78 is 0. The molecule has 0 aromatic carbocycles. The maximum Gasteiger partial charge on any atom is 1.00 e. The van der Waals surface area contributed by atoms with Gasteiger partial charge in [0.1, 0.15) is 0 Å². The van der Waals surface area contributed by atoms with Crippen molar-refractivity contribution in [2.45, 2.75) is 0 Å². The molecule has 0 aliphatic rings. The normalized spacial score (nSPS) is 3.00. The van der Waals surface area contributed by atoms with Gasteiger partial charge in [0.25, 0.3) is 0 Å². The van der Waals surface area contributed by atoms with Gasteiger partial charge in [-0.15, -0.1) is 5.34 Å². The van der Waals surface area contributed by atoms with Gasteiger partial charge in [-0.05, 0) is 0 Å². The largest absolute Gasteiger partial charge is 1.00 e. The Morgan fingerprint density at radius 3 is 1.75 bits per heavy atom. The fourth-order valence-electron chi connectivity index (χ4n) is 0.